The van der Waals surface area contributed by atoms with Gasteiger partial charge < -0.3 is 5.11 Å². The first-order valence-electron chi connectivity index (χ1n) is 4.76. The summed E-state index contributed by atoms with van der Waals surface area (Å²) in [5, 5.41) is 10.0. The van der Waals surface area contributed by atoms with Crippen LogP contribution < -0.4 is 0 Å². The van der Waals surface area contributed by atoms with Gasteiger partial charge >= 0.3 is 5.97 Å². The normalized spacial score (nSPS) is 53.2. The molecule has 0 radical (unpaired) electrons. The maximum atomic E-state index is 11.0. The first-order chi connectivity index (χ1) is 5.97. The molecule has 3 fully saturated rings. The highest BCUT2D eigenvalue weighted by Gasteiger charge is 2.72. The van der Waals surface area contributed by atoms with Crippen LogP contribution >= 0.6 is 15.9 Å². The first kappa shape index (κ1) is 9.50. The van der Waals surface area contributed by atoms with Crippen molar-refractivity contribution < 1.29 is 9.90 Å². The Hall–Kier alpha value is -0.0500. The van der Waals surface area contributed by atoms with Crippen molar-refractivity contribution in [1.82, 2.24) is 0 Å². The van der Waals surface area contributed by atoms with Crippen LogP contribution in [0.2, 0.25) is 0 Å². The Balaban J connectivity index is 2.32. The molecule has 0 amide bonds. The van der Waals surface area contributed by atoms with Gasteiger partial charge in [0, 0.05) is 5.33 Å². The van der Waals surface area contributed by atoms with Crippen LogP contribution in [0.4, 0.5) is 0 Å². The minimum absolute atomic E-state index is 0.0347. The SMILES string of the molecule is CC1(CBr)C2CCC1(C)C2C(=O)O. The number of rotatable bonds is 2. The Labute approximate surface area is 86.8 Å². The summed E-state index contributed by atoms with van der Waals surface area (Å²) in [6.45, 7) is 4.36. The van der Waals surface area contributed by atoms with Gasteiger partial charge in [-0.2, -0.15) is 0 Å². The monoisotopic (exact) mass is 246 g/mol. The maximum absolute atomic E-state index is 11.0. The lowest BCUT2D eigenvalue weighted by atomic mass is 9.45. The van der Waals surface area contributed by atoms with Gasteiger partial charge in [-0.15, -0.1) is 0 Å². The number of carboxylic acids is 1. The van der Waals surface area contributed by atoms with E-state index in [1.807, 2.05) is 0 Å². The van der Waals surface area contributed by atoms with E-state index in [1.54, 1.807) is 0 Å². The molecule has 3 saturated carbocycles. The van der Waals surface area contributed by atoms with Crippen LogP contribution in [0, 0.1) is 22.7 Å². The van der Waals surface area contributed by atoms with E-state index in [0.717, 1.165) is 18.2 Å². The van der Waals surface area contributed by atoms with E-state index >= 15 is 0 Å². The van der Waals surface area contributed by atoms with Crippen molar-refractivity contribution in [3.8, 4) is 0 Å². The molecule has 0 saturated heterocycles. The minimum Gasteiger partial charge on any atom is -0.481 e. The number of halogens is 1. The Morgan fingerprint density at radius 3 is 2.54 bits per heavy atom. The quantitative estimate of drug-likeness (QED) is 0.761. The van der Waals surface area contributed by atoms with E-state index in [4.69, 9.17) is 5.11 Å². The summed E-state index contributed by atoms with van der Waals surface area (Å²) in [4.78, 5) is 11.0. The molecule has 4 unspecified atom stereocenters. The molecule has 0 aromatic carbocycles. The molecule has 3 aliphatic rings. The highest BCUT2D eigenvalue weighted by atomic mass is 79.9. The summed E-state index contributed by atoms with van der Waals surface area (Å²) in [6, 6.07) is 0. The standard InChI is InChI=1S/C10H15BrO2/c1-9-4-3-6(7(9)8(12)13)10(9,2)5-11/h6-7H,3-5H2,1-2H3,(H,12,13). The Bertz CT molecular complexity index is 266. The molecule has 1 N–H and O–H groups in total. The van der Waals surface area contributed by atoms with Crippen LogP contribution in [0.25, 0.3) is 0 Å². The van der Waals surface area contributed by atoms with Crippen molar-refractivity contribution in [2.24, 2.45) is 22.7 Å². The molecule has 0 spiro atoms. The number of alkyl halides is 1. The summed E-state index contributed by atoms with van der Waals surface area (Å²) in [5.74, 6) is -0.284. The lowest BCUT2D eigenvalue weighted by Crippen LogP contribution is -2.60. The second kappa shape index (κ2) is 2.50. The van der Waals surface area contributed by atoms with Crippen molar-refractivity contribution in [1.29, 1.82) is 0 Å². The summed E-state index contributed by atoms with van der Waals surface area (Å²) < 4.78 is 0. The molecule has 0 aromatic heterocycles. The zero-order chi connectivity index (χ0) is 9.85. The van der Waals surface area contributed by atoms with E-state index < -0.39 is 5.97 Å². The number of hydrogen-bond acceptors (Lipinski definition) is 1. The predicted molar refractivity (Wildman–Crippen MR) is 53.9 cm³/mol. The van der Waals surface area contributed by atoms with Gasteiger partial charge in [-0.05, 0) is 29.6 Å². The van der Waals surface area contributed by atoms with Gasteiger partial charge in [0.1, 0.15) is 0 Å². The Morgan fingerprint density at radius 1 is 1.62 bits per heavy atom. The van der Waals surface area contributed by atoms with Crippen LogP contribution in [-0.4, -0.2) is 16.4 Å². The molecular formula is C10H15BrO2. The molecule has 3 aliphatic carbocycles. The zero-order valence-corrected chi connectivity index (χ0v) is 9.60. The second-order valence-corrected chi connectivity index (χ2v) is 5.49. The fraction of sp³-hybridized carbons (Fsp3) is 0.900. The highest BCUT2D eigenvalue weighted by molar-refractivity contribution is 9.09. The van der Waals surface area contributed by atoms with Crippen molar-refractivity contribution in [2.75, 3.05) is 5.33 Å². The topological polar surface area (TPSA) is 37.3 Å². The molecule has 0 aromatic rings. The number of hydrogen-bond donors (Lipinski definition) is 1. The average molecular weight is 247 g/mol. The third-order valence-corrected chi connectivity index (χ3v) is 5.90. The van der Waals surface area contributed by atoms with Gasteiger partial charge in [-0.3, -0.25) is 4.79 Å². The van der Waals surface area contributed by atoms with Crippen LogP contribution in [0.15, 0.2) is 0 Å². The lowest BCUT2D eigenvalue weighted by Gasteiger charge is -2.59. The van der Waals surface area contributed by atoms with Gasteiger partial charge in [0.05, 0.1) is 5.92 Å². The van der Waals surface area contributed by atoms with Crippen LogP contribution in [0.3, 0.4) is 0 Å². The number of fused-ring (bicyclic) bond motifs is 1. The summed E-state index contributed by atoms with van der Waals surface area (Å²) >= 11 is 3.52. The van der Waals surface area contributed by atoms with E-state index in [0.29, 0.717) is 5.92 Å². The fourth-order valence-electron chi connectivity index (χ4n) is 3.57. The predicted octanol–water partition coefficient (Wildman–Crippen LogP) is 2.52. The molecule has 0 aliphatic heterocycles. The Morgan fingerprint density at radius 2 is 2.23 bits per heavy atom. The van der Waals surface area contributed by atoms with Crippen LogP contribution in [-0.2, 0) is 4.79 Å². The van der Waals surface area contributed by atoms with Gasteiger partial charge in [0.15, 0.2) is 0 Å². The molecule has 2 bridgehead atoms. The molecule has 0 heterocycles. The third-order valence-electron chi connectivity index (χ3n) is 4.73. The maximum Gasteiger partial charge on any atom is 0.307 e. The first-order valence-corrected chi connectivity index (χ1v) is 5.88. The number of carboxylic acid groups (broad SMARTS) is 1. The van der Waals surface area contributed by atoms with E-state index in [2.05, 4.69) is 29.8 Å². The lowest BCUT2D eigenvalue weighted by molar-refractivity contribution is -0.176. The van der Waals surface area contributed by atoms with Gasteiger partial charge in [0.2, 0.25) is 0 Å². The third kappa shape index (κ3) is 0.821. The fourth-order valence-corrected chi connectivity index (χ4v) is 4.63. The second-order valence-electron chi connectivity index (χ2n) is 4.93. The van der Waals surface area contributed by atoms with Gasteiger partial charge in [0.25, 0.3) is 0 Å². The Kier molecular flexibility index (Phi) is 1.83. The molecule has 4 atom stereocenters. The molecule has 74 valence electrons. The van der Waals surface area contributed by atoms with Crippen LogP contribution in [0.5, 0.6) is 0 Å². The van der Waals surface area contributed by atoms with Gasteiger partial charge in [-0.1, -0.05) is 29.8 Å². The summed E-state index contributed by atoms with van der Waals surface area (Å²) in [7, 11) is 0. The smallest absolute Gasteiger partial charge is 0.307 e. The van der Waals surface area contributed by atoms with Crippen molar-refractivity contribution in [3.05, 3.63) is 0 Å². The van der Waals surface area contributed by atoms with E-state index in [1.165, 1.54) is 0 Å². The van der Waals surface area contributed by atoms with Crippen molar-refractivity contribution in [3.63, 3.8) is 0 Å². The summed E-state index contributed by atoms with van der Waals surface area (Å²) in [6.07, 6.45) is 2.17. The summed E-state index contributed by atoms with van der Waals surface area (Å²) in [5.41, 5.74) is 0.253. The van der Waals surface area contributed by atoms with Crippen molar-refractivity contribution >= 4 is 21.9 Å². The van der Waals surface area contributed by atoms with Gasteiger partial charge in [-0.25, -0.2) is 0 Å². The molecule has 2 nitrogen and oxygen atoms in total. The highest BCUT2D eigenvalue weighted by Crippen LogP contribution is 2.74. The minimum atomic E-state index is -0.594. The molecule has 3 rings (SSSR count). The molecule has 3 heteroatoms. The average Bonchev–Trinajstić information content (AvgIpc) is 2.54. The number of carbonyl (C=O) groups is 1. The van der Waals surface area contributed by atoms with E-state index in [-0.39, 0.29) is 16.7 Å². The van der Waals surface area contributed by atoms with E-state index in [9.17, 15) is 4.79 Å². The van der Waals surface area contributed by atoms with Crippen molar-refractivity contribution in [2.45, 2.75) is 26.7 Å². The largest absolute Gasteiger partial charge is 0.481 e. The number of aliphatic carboxylic acids is 1. The zero-order valence-electron chi connectivity index (χ0n) is 8.01. The molecule has 13 heavy (non-hydrogen) atoms. The molecular weight excluding hydrogens is 232 g/mol. The van der Waals surface area contributed by atoms with Crippen LogP contribution in [0.1, 0.15) is 26.7 Å².